The number of anilines is 1. The number of hydrogen-bond acceptors (Lipinski definition) is 4. The van der Waals surface area contributed by atoms with Gasteiger partial charge in [-0.05, 0) is 39.0 Å². The van der Waals surface area contributed by atoms with Crippen LogP contribution in [-0.4, -0.2) is 66.1 Å². The van der Waals surface area contributed by atoms with Crippen molar-refractivity contribution in [3.05, 3.63) is 29.8 Å². The highest BCUT2D eigenvalue weighted by atomic mass is 16.6. The van der Waals surface area contributed by atoms with E-state index in [9.17, 15) is 9.59 Å². The number of hydrogen-bond donors (Lipinski definition) is 2. The van der Waals surface area contributed by atoms with Gasteiger partial charge in [-0.2, -0.15) is 0 Å². The number of nitrogens with one attached hydrogen (secondary N) is 1. The van der Waals surface area contributed by atoms with Gasteiger partial charge in [-0.15, -0.1) is 6.42 Å². The lowest BCUT2D eigenvalue weighted by molar-refractivity contribution is -0.114. The minimum atomic E-state index is -0.526. The van der Waals surface area contributed by atoms with Crippen LogP contribution in [0.4, 0.5) is 10.5 Å². The lowest BCUT2D eigenvalue weighted by atomic mass is 10.2. The smallest absolute Gasteiger partial charge is 0.410 e. The Labute approximate surface area is 165 Å². The van der Waals surface area contributed by atoms with Crippen LogP contribution < -0.4 is 11.1 Å². The van der Waals surface area contributed by atoms with Crippen LogP contribution in [0.1, 0.15) is 26.3 Å². The van der Waals surface area contributed by atoms with Crippen LogP contribution in [0.3, 0.4) is 0 Å². The second-order valence-electron chi connectivity index (χ2n) is 7.40. The summed E-state index contributed by atoms with van der Waals surface area (Å²) in [5.41, 5.74) is 6.76. The molecule has 3 N–H and O–H groups in total. The van der Waals surface area contributed by atoms with Crippen molar-refractivity contribution in [1.82, 2.24) is 9.80 Å². The number of nitrogens with two attached hydrogens (primary N) is 1. The van der Waals surface area contributed by atoms with Gasteiger partial charge in [0, 0.05) is 37.4 Å². The summed E-state index contributed by atoms with van der Waals surface area (Å²) in [6.07, 6.45) is 5.01. The normalized spacial score (nSPS) is 15.0. The third-order valence-corrected chi connectivity index (χ3v) is 3.95. The first kappa shape index (κ1) is 21.1. The minimum absolute atomic E-state index is 0.0988. The van der Waals surface area contributed by atoms with Crippen LogP contribution >= 0.6 is 0 Å². The van der Waals surface area contributed by atoms with E-state index >= 15 is 0 Å². The number of guanidine groups is 1. The maximum Gasteiger partial charge on any atom is 0.410 e. The Morgan fingerprint density at radius 2 is 1.89 bits per heavy atom. The molecule has 1 saturated heterocycles. The quantitative estimate of drug-likeness (QED) is 0.466. The predicted octanol–water partition coefficient (Wildman–Crippen LogP) is 1.47. The van der Waals surface area contributed by atoms with Gasteiger partial charge in [-0.1, -0.05) is 12.0 Å². The molecule has 2 amide bonds. The summed E-state index contributed by atoms with van der Waals surface area (Å²) in [5.74, 6) is 2.50. The van der Waals surface area contributed by atoms with Crippen LogP contribution in [0, 0.1) is 12.3 Å². The number of benzene rings is 1. The summed E-state index contributed by atoms with van der Waals surface area (Å²) in [4.78, 5) is 31.8. The average molecular weight is 385 g/mol. The molecule has 0 aliphatic carbocycles. The third-order valence-electron chi connectivity index (χ3n) is 3.95. The van der Waals surface area contributed by atoms with E-state index in [0.717, 1.165) is 0 Å². The van der Waals surface area contributed by atoms with Gasteiger partial charge in [-0.3, -0.25) is 4.79 Å². The molecule has 8 heteroatoms. The fraction of sp³-hybridized carbons (Fsp3) is 0.450. The van der Waals surface area contributed by atoms with Crippen molar-refractivity contribution in [2.75, 3.05) is 38.0 Å². The van der Waals surface area contributed by atoms with Crippen molar-refractivity contribution < 1.29 is 14.3 Å². The molecule has 0 saturated carbocycles. The van der Waals surface area contributed by atoms with Crippen LogP contribution in [0.15, 0.2) is 29.3 Å². The molecule has 0 bridgehead atoms. The van der Waals surface area contributed by atoms with Gasteiger partial charge in [0.05, 0.1) is 0 Å². The van der Waals surface area contributed by atoms with Gasteiger partial charge in [0.15, 0.2) is 5.96 Å². The first-order valence-electron chi connectivity index (χ1n) is 9.07. The fourth-order valence-electron chi connectivity index (χ4n) is 2.58. The number of ether oxygens (including phenoxy) is 1. The molecular formula is C20H27N5O3. The van der Waals surface area contributed by atoms with Crippen LogP contribution in [0.25, 0.3) is 0 Å². The number of piperazine rings is 1. The van der Waals surface area contributed by atoms with Gasteiger partial charge >= 0.3 is 6.09 Å². The van der Waals surface area contributed by atoms with Gasteiger partial charge in [0.2, 0.25) is 5.91 Å². The van der Waals surface area contributed by atoms with E-state index in [2.05, 4.69) is 16.2 Å². The highest BCUT2D eigenvalue weighted by molar-refractivity contribution is 5.94. The zero-order chi connectivity index (χ0) is 20.7. The molecular weight excluding hydrogens is 358 g/mol. The van der Waals surface area contributed by atoms with E-state index in [4.69, 9.17) is 16.9 Å². The fourth-order valence-corrected chi connectivity index (χ4v) is 2.58. The Morgan fingerprint density at radius 3 is 2.50 bits per heavy atom. The third kappa shape index (κ3) is 6.50. The maximum atomic E-state index is 12.1. The molecule has 1 aliphatic heterocycles. The van der Waals surface area contributed by atoms with E-state index in [0.29, 0.717) is 37.4 Å². The van der Waals surface area contributed by atoms with E-state index < -0.39 is 5.60 Å². The Hall–Kier alpha value is -3.21. The van der Waals surface area contributed by atoms with Crippen molar-refractivity contribution in [3.8, 4) is 12.3 Å². The molecule has 1 heterocycles. The van der Waals surface area contributed by atoms with Crippen molar-refractivity contribution in [1.29, 1.82) is 0 Å². The zero-order valence-corrected chi connectivity index (χ0v) is 16.6. The maximum absolute atomic E-state index is 12.1. The molecule has 0 aromatic heterocycles. The molecule has 28 heavy (non-hydrogen) atoms. The topological polar surface area (TPSA) is 100 Å². The Kier molecular flexibility index (Phi) is 6.88. The second-order valence-corrected chi connectivity index (χ2v) is 7.40. The highest BCUT2D eigenvalue weighted by Crippen LogP contribution is 2.12. The predicted molar refractivity (Wildman–Crippen MR) is 109 cm³/mol. The summed E-state index contributed by atoms with van der Waals surface area (Å²) in [5, 5.41) is 2.73. The van der Waals surface area contributed by atoms with E-state index in [1.54, 1.807) is 29.2 Å². The van der Waals surface area contributed by atoms with Gasteiger partial charge in [-0.25, -0.2) is 9.79 Å². The number of amides is 2. The van der Waals surface area contributed by atoms with E-state index in [-0.39, 0.29) is 24.5 Å². The van der Waals surface area contributed by atoms with Crippen LogP contribution in [0.5, 0.6) is 0 Å². The Balaban J connectivity index is 1.81. The number of carbonyl (C=O) groups excluding carboxylic acids is 2. The van der Waals surface area contributed by atoms with Crippen LogP contribution in [-0.2, 0) is 9.53 Å². The first-order valence-corrected chi connectivity index (χ1v) is 9.07. The number of rotatable bonds is 3. The molecule has 0 atom stereocenters. The van der Waals surface area contributed by atoms with Gasteiger partial charge in [0.1, 0.15) is 12.1 Å². The summed E-state index contributed by atoms with van der Waals surface area (Å²) in [7, 11) is 0. The van der Waals surface area contributed by atoms with Crippen molar-refractivity contribution in [2.24, 2.45) is 10.7 Å². The number of terminal acetylenes is 1. The number of carbonyl (C=O) groups is 2. The monoisotopic (exact) mass is 385 g/mol. The highest BCUT2D eigenvalue weighted by Gasteiger charge is 2.26. The summed E-state index contributed by atoms with van der Waals surface area (Å²) >= 11 is 0. The lowest BCUT2D eigenvalue weighted by Gasteiger charge is -2.36. The van der Waals surface area contributed by atoms with Gasteiger partial charge in [0.25, 0.3) is 0 Å². The van der Waals surface area contributed by atoms with E-state index in [1.807, 2.05) is 25.7 Å². The molecule has 1 fully saturated rings. The molecule has 8 nitrogen and oxygen atoms in total. The standard InChI is InChI=1S/C20H27N5O3/c1-5-15-7-6-8-16(13-15)23-17(26)14-22-18(21)24-9-11-25(12-10-24)19(27)28-20(2,3)4/h1,6-8,13H,9-12,14H2,2-4H3,(H2,21,22)(H,23,26). The van der Waals surface area contributed by atoms with Crippen LogP contribution in [0.2, 0.25) is 0 Å². The molecule has 0 unspecified atom stereocenters. The largest absolute Gasteiger partial charge is 0.444 e. The first-order chi connectivity index (χ1) is 13.2. The summed E-state index contributed by atoms with van der Waals surface area (Å²) in [6.45, 7) is 7.42. The molecule has 1 aromatic rings. The SMILES string of the molecule is C#Cc1cccc(NC(=O)CN=C(N)N2CCN(C(=O)OC(C)(C)C)CC2)c1. The number of aliphatic imine (C=N–C) groups is 1. The Morgan fingerprint density at radius 1 is 1.25 bits per heavy atom. The molecule has 1 aliphatic rings. The van der Waals surface area contributed by atoms with E-state index in [1.165, 1.54) is 0 Å². The number of nitrogens with zero attached hydrogens (tertiary/aromatic N) is 3. The Bertz CT molecular complexity index is 784. The minimum Gasteiger partial charge on any atom is -0.444 e. The van der Waals surface area contributed by atoms with Crippen molar-refractivity contribution in [3.63, 3.8) is 0 Å². The van der Waals surface area contributed by atoms with Gasteiger partial charge < -0.3 is 25.6 Å². The lowest BCUT2D eigenvalue weighted by Crippen LogP contribution is -2.53. The molecule has 1 aromatic carbocycles. The molecule has 0 spiro atoms. The molecule has 150 valence electrons. The molecule has 2 rings (SSSR count). The second kappa shape index (κ2) is 9.13. The zero-order valence-electron chi connectivity index (χ0n) is 16.6. The average Bonchev–Trinajstić information content (AvgIpc) is 2.65. The summed E-state index contributed by atoms with van der Waals surface area (Å²) in [6, 6.07) is 7.01. The van der Waals surface area contributed by atoms with Crippen molar-refractivity contribution in [2.45, 2.75) is 26.4 Å². The summed E-state index contributed by atoms with van der Waals surface area (Å²) < 4.78 is 5.37. The molecule has 0 radical (unpaired) electrons. The van der Waals surface area contributed by atoms with Crippen molar-refractivity contribution >= 4 is 23.6 Å².